The molecule has 0 saturated carbocycles. The van der Waals surface area contributed by atoms with Gasteiger partial charge in [0.1, 0.15) is 0 Å². The summed E-state index contributed by atoms with van der Waals surface area (Å²) in [6.45, 7) is 3.11. The summed E-state index contributed by atoms with van der Waals surface area (Å²) < 4.78 is 26.3. The predicted molar refractivity (Wildman–Crippen MR) is 82.6 cm³/mol. The number of hydrogen-bond acceptors (Lipinski definition) is 4. The van der Waals surface area contributed by atoms with E-state index in [0.717, 1.165) is 31.5 Å². The van der Waals surface area contributed by atoms with Crippen LogP contribution in [0.4, 0.5) is 0 Å². The first-order valence-electron chi connectivity index (χ1n) is 7.65. The van der Waals surface area contributed by atoms with E-state index in [0.29, 0.717) is 24.5 Å². The van der Waals surface area contributed by atoms with E-state index in [1.165, 1.54) is 4.31 Å². The van der Waals surface area contributed by atoms with Crippen molar-refractivity contribution >= 4 is 15.9 Å². The van der Waals surface area contributed by atoms with Crippen molar-refractivity contribution < 1.29 is 13.2 Å². The van der Waals surface area contributed by atoms with E-state index in [2.05, 4.69) is 10.6 Å². The molecule has 2 aliphatic heterocycles. The first-order valence-corrected chi connectivity index (χ1v) is 9.09. The minimum Gasteiger partial charge on any atom is -0.352 e. The molecule has 2 heterocycles. The molecule has 0 bridgehead atoms. The Labute approximate surface area is 130 Å². The second-order valence-electron chi connectivity index (χ2n) is 5.83. The van der Waals surface area contributed by atoms with Crippen molar-refractivity contribution in [2.45, 2.75) is 24.3 Å². The Morgan fingerprint density at radius 3 is 2.36 bits per heavy atom. The molecule has 6 nitrogen and oxygen atoms in total. The standard InChI is InChI=1S/C15H21N3O3S/c19-15(13-10-16-11-13)17-9-12-3-5-14(6-4-12)22(20,21)18-7-1-2-8-18/h3-6,13,16H,1-2,7-11H2,(H,17,19). The molecule has 1 amide bonds. The predicted octanol–water partition coefficient (Wildman–Crippen LogP) is 0.307. The molecule has 1 aromatic carbocycles. The Kier molecular flexibility index (Phi) is 4.46. The zero-order chi connectivity index (χ0) is 15.6. The smallest absolute Gasteiger partial charge is 0.243 e. The van der Waals surface area contributed by atoms with Crippen molar-refractivity contribution in [1.29, 1.82) is 0 Å². The third-order valence-electron chi connectivity index (χ3n) is 4.25. The van der Waals surface area contributed by atoms with Crippen LogP contribution in [0.25, 0.3) is 0 Å². The van der Waals surface area contributed by atoms with Gasteiger partial charge in [0.25, 0.3) is 0 Å². The number of nitrogens with zero attached hydrogens (tertiary/aromatic N) is 1. The number of hydrogen-bond donors (Lipinski definition) is 2. The molecule has 120 valence electrons. The quantitative estimate of drug-likeness (QED) is 0.817. The maximum Gasteiger partial charge on any atom is 0.243 e. The monoisotopic (exact) mass is 323 g/mol. The molecular weight excluding hydrogens is 302 g/mol. The average Bonchev–Trinajstić information content (AvgIpc) is 2.98. The van der Waals surface area contributed by atoms with Crippen molar-refractivity contribution in [2.75, 3.05) is 26.2 Å². The molecular formula is C15H21N3O3S. The molecule has 0 atom stereocenters. The molecule has 2 N–H and O–H groups in total. The Morgan fingerprint density at radius 2 is 1.82 bits per heavy atom. The van der Waals surface area contributed by atoms with Gasteiger partial charge in [0.15, 0.2) is 0 Å². The lowest BCUT2D eigenvalue weighted by Crippen LogP contribution is -2.50. The third-order valence-corrected chi connectivity index (χ3v) is 6.16. The number of rotatable bonds is 5. The van der Waals surface area contributed by atoms with E-state index in [4.69, 9.17) is 0 Å². The molecule has 0 aliphatic carbocycles. The van der Waals surface area contributed by atoms with Gasteiger partial charge in [0, 0.05) is 32.7 Å². The largest absolute Gasteiger partial charge is 0.352 e. The molecule has 3 rings (SSSR count). The molecule has 1 aromatic rings. The van der Waals surface area contributed by atoms with Gasteiger partial charge in [-0.05, 0) is 30.5 Å². The fraction of sp³-hybridized carbons (Fsp3) is 0.533. The van der Waals surface area contributed by atoms with Gasteiger partial charge in [-0.3, -0.25) is 4.79 Å². The maximum atomic E-state index is 12.4. The Bertz CT molecular complexity index is 633. The highest BCUT2D eigenvalue weighted by atomic mass is 32.2. The first kappa shape index (κ1) is 15.5. The van der Waals surface area contributed by atoms with Gasteiger partial charge in [-0.15, -0.1) is 0 Å². The fourth-order valence-electron chi connectivity index (χ4n) is 2.66. The maximum absolute atomic E-state index is 12.4. The summed E-state index contributed by atoms with van der Waals surface area (Å²) in [5.74, 6) is 0.113. The second-order valence-corrected chi connectivity index (χ2v) is 7.77. The number of sulfonamides is 1. The molecule has 0 unspecified atom stereocenters. The van der Waals surface area contributed by atoms with E-state index in [1.807, 2.05) is 0 Å². The number of nitrogens with one attached hydrogen (secondary N) is 2. The molecule has 0 radical (unpaired) electrons. The van der Waals surface area contributed by atoms with Crippen LogP contribution in [-0.4, -0.2) is 44.8 Å². The molecule has 7 heteroatoms. The zero-order valence-electron chi connectivity index (χ0n) is 12.4. The summed E-state index contributed by atoms with van der Waals surface area (Å²) in [7, 11) is -3.36. The summed E-state index contributed by atoms with van der Waals surface area (Å²) in [5, 5.41) is 5.93. The Balaban J connectivity index is 1.61. The van der Waals surface area contributed by atoms with Crippen LogP contribution in [-0.2, 0) is 21.4 Å². The van der Waals surface area contributed by atoms with E-state index in [9.17, 15) is 13.2 Å². The van der Waals surface area contributed by atoms with Gasteiger partial charge in [-0.25, -0.2) is 8.42 Å². The SMILES string of the molecule is O=C(NCc1ccc(S(=O)(=O)N2CCCC2)cc1)C1CNC1. The number of benzene rings is 1. The van der Waals surface area contributed by atoms with Crippen LogP contribution in [0.5, 0.6) is 0 Å². The fourth-order valence-corrected chi connectivity index (χ4v) is 4.18. The molecule has 2 fully saturated rings. The topological polar surface area (TPSA) is 78.5 Å². The summed E-state index contributed by atoms with van der Waals surface area (Å²) in [4.78, 5) is 12.1. The number of carbonyl (C=O) groups excluding carboxylic acids is 1. The van der Waals surface area contributed by atoms with Gasteiger partial charge in [0.05, 0.1) is 10.8 Å². The zero-order valence-corrected chi connectivity index (χ0v) is 13.2. The van der Waals surface area contributed by atoms with Crippen LogP contribution in [0.15, 0.2) is 29.2 Å². The normalized spacial score (nSPS) is 19.8. The lowest BCUT2D eigenvalue weighted by Gasteiger charge is -2.25. The van der Waals surface area contributed by atoms with Crippen LogP contribution >= 0.6 is 0 Å². The van der Waals surface area contributed by atoms with Crippen molar-refractivity contribution in [3.05, 3.63) is 29.8 Å². The summed E-state index contributed by atoms with van der Waals surface area (Å²) in [6.07, 6.45) is 1.86. The van der Waals surface area contributed by atoms with Crippen LogP contribution in [0.2, 0.25) is 0 Å². The van der Waals surface area contributed by atoms with Crippen LogP contribution in [0.3, 0.4) is 0 Å². The minimum absolute atomic E-state index is 0.0486. The van der Waals surface area contributed by atoms with E-state index in [1.54, 1.807) is 24.3 Å². The number of amides is 1. The molecule has 0 aromatic heterocycles. The van der Waals surface area contributed by atoms with Gasteiger partial charge in [-0.1, -0.05) is 12.1 Å². The van der Waals surface area contributed by atoms with E-state index < -0.39 is 10.0 Å². The van der Waals surface area contributed by atoms with E-state index in [-0.39, 0.29) is 11.8 Å². The highest BCUT2D eigenvalue weighted by Gasteiger charge is 2.27. The molecule has 2 aliphatic rings. The van der Waals surface area contributed by atoms with Crippen molar-refractivity contribution in [3.8, 4) is 0 Å². The Morgan fingerprint density at radius 1 is 1.18 bits per heavy atom. The van der Waals surface area contributed by atoms with E-state index >= 15 is 0 Å². The van der Waals surface area contributed by atoms with Crippen molar-refractivity contribution in [1.82, 2.24) is 14.9 Å². The van der Waals surface area contributed by atoms with Gasteiger partial charge in [0.2, 0.25) is 15.9 Å². The molecule has 22 heavy (non-hydrogen) atoms. The molecule has 0 spiro atoms. The average molecular weight is 323 g/mol. The van der Waals surface area contributed by atoms with Crippen LogP contribution in [0, 0.1) is 5.92 Å². The lowest BCUT2D eigenvalue weighted by molar-refractivity contribution is -0.126. The van der Waals surface area contributed by atoms with Crippen LogP contribution in [0.1, 0.15) is 18.4 Å². The number of carbonyl (C=O) groups is 1. The van der Waals surface area contributed by atoms with Crippen molar-refractivity contribution in [2.24, 2.45) is 5.92 Å². The highest BCUT2D eigenvalue weighted by Crippen LogP contribution is 2.21. The first-order chi connectivity index (χ1) is 10.6. The second kappa shape index (κ2) is 6.36. The van der Waals surface area contributed by atoms with Gasteiger partial charge in [-0.2, -0.15) is 4.31 Å². The third kappa shape index (κ3) is 3.16. The van der Waals surface area contributed by atoms with Crippen LogP contribution < -0.4 is 10.6 Å². The van der Waals surface area contributed by atoms with Gasteiger partial charge < -0.3 is 10.6 Å². The van der Waals surface area contributed by atoms with Crippen molar-refractivity contribution in [3.63, 3.8) is 0 Å². The minimum atomic E-state index is -3.36. The summed E-state index contributed by atoms with van der Waals surface area (Å²) in [6, 6.07) is 6.78. The summed E-state index contributed by atoms with van der Waals surface area (Å²) in [5.41, 5.74) is 0.904. The highest BCUT2D eigenvalue weighted by molar-refractivity contribution is 7.89. The Hall–Kier alpha value is -1.44. The lowest BCUT2D eigenvalue weighted by atomic mass is 10.0. The summed E-state index contributed by atoms with van der Waals surface area (Å²) >= 11 is 0. The molecule has 2 saturated heterocycles. The van der Waals surface area contributed by atoms with Gasteiger partial charge >= 0.3 is 0 Å².